The highest BCUT2D eigenvalue weighted by atomic mass is 16.6. The third-order valence-corrected chi connectivity index (χ3v) is 3.43. The van der Waals surface area contributed by atoms with Crippen LogP contribution in [-0.4, -0.2) is 40.4 Å². The monoisotopic (exact) mass is 243 g/mol. The van der Waals surface area contributed by atoms with Gasteiger partial charge in [-0.1, -0.05) is 6.92 Å². The second kappa shape index (κ2) is 4.84. The molecule has 1 heterocycles. The average molecular weight is 243 g/mol. The fraction of sp³-hybridized carbons (Fsp3) is 0.923. The Kier molecular flexibility index (Phi) is 4.07. The summed E-state index contributed by atoms with van der Waals surface area (Å²) in [7, 11) is 0. The Morgan fingerprint density at radius 2 is 2.00 bits per heavy atom. The zero-order valence-corrected chi connectivity index (χ0v) is 11.6. The number of hydrogen-bond acceptors (Lipinski definition) is 3. The van der Waals surface area contributed by atoms with Gasteiger partial charge in [0.2, 0.25) is 0 Å². The molecule has 4 heteroatoms. The second-order valence-corrected chi connectivity index (χ2v) is 6.26. The van der Waals surface area contributed by atoms with Crippen LogP contribution >= 0.6 is 0 Å². The number of nitrogens with zero attached hydrogens (tertiary/aromatic N) is 1. The zero-order valence-electron chi connectivity index (χ0n) is 11.6. The molecule has 0 aromatic rings. The van der Waals surface area contributed by atoms with Crippen LogP contribution in [0.2, 0.25) is 0 Å². The van der Waals surface area contributed by atoms with Crippen molar-refractivity contribution in [3.63, 3.8) is 0 Å². The van der Waals surface area contributed by atoms with Crippen LogP contribution in [0, 0.1) is 5.92 Å². The molecule has 1 saturated heterocycles. The molecule has 1 fully saturated rings. The van der Waals surface area contributed by atoms with Gasteiger partial charge in [0.05, 0.1) is 5.60 Å². The first-order valence-corrected chi connectivity index (χ1v) is 6.32. The summed E-state index contributed by atoms with van der Waals surface area (Å²) in [6, 6.07) is 0. The third kappa shape index (κ3) is 4.19. The largest absolute Gasteiger partial charge is 0.444 e. The molecular weight excluding hydrogens is 218 g/mol. The van der Waals surface area contributed by atoms with E-state index in [4.69, 9.17) is 4.74 Å². The van der Waals surface area contributed by atoms with Gasteiger partial charge in [-0.05, 0) is 46.5 Å². The van der Waals surface area contributed by atoms with Crippen molar-refractivity contribution in [2.75, 3.05) is 13.1 Å². The smallest absolute Gasteiger partial charge is 0.410 e. The molecule has 0 aromatic heterocycles. The summed E-state index contributed by atoms with van der Waals surface area (Å²) in [5, 5.41) is 10.2. The SMILES string of the molecule is C[C@H]1CCN(C(=O)OC(C)(C)C)CC[C@@]1(C)O. The van der Waals surface area contributed by atoms with Crippen molar-refractivity contribution in [2.45, 2.75) is 58.7 Å². The van der Waals surface area contributed by atoms with Gasteiger partial charge in [0.1, 0.15) is 5.60 Å². The first-order valence-electron chi connectivity index (χ1n) is 6.32. The molecule has 0 unspecified atom stereocenters. The lowest BCUT2D eigenvalue weighted by Crippen LogP contribution is -2.38. The molecule has 0 radical (unpaired) electrons. The van der Waals surface area contributed by atoms with E-state index >= 15 is 0 Å². The molecule has 1 rings (SSSR count). The van der Waals surface area contributed by atoms with E-state index in [0.717, 1.165) is 6.42 Å². The predicted molar refractivity (Wildman–Crippen MR) is 66.8 cm³/mol. The number of carbonyl (C=O) groups excluding carboxylic acids is 1. The van der Waals surface area contributed by atoms with E-state index in [1.54, 1.807) is 4.90 Å². The van der Waals surface area contributed by atoms with E-state index in [-0.39, 0.29) is 12.0 Å². The van der Waals surface area contributed by atoms with Gasteiger partial charge in [-0.3, -0.25) is 0 Å². The van der Waals surface area contributed by atoms with Crippen molar-refractivity contribution in [2.24, 2.45) is 5.92 Å². The first kappa shape index (κ1) is 14.3. The van der Waals surface area contributed by atoms with Crippen LogP contribution in [0.25, 0.3) is 0 Å². The van der Waals surface area contributed by atoms with Gasteiger partial charge >= 0.3 is 6.09 Å². The lowest BCUT2D eigenvalue weighted by atomic mass is 9.87. The van der Waals surface area contributed by atoms with Crippen molar-refractivity contribution in [1.29, 1.82) is 0 Å². The summed E-state index contributed by atoms with van der Waals surface area (Å²) in [5.41, 5.74) is -1.14. The van der Waals surface area contributed by atoms with Crippen LogP contribution in [0.3, 0.4) is 0 Å². The number of rotatable bonds is 0. The first-order chi connectivity index (χ1) is 7.62. The molecule has 100 valence electrons. The van der Waals surface area contributed by atoms with E-state index < -0.39 is 11.2 Å². The van der Waals surface area contributed by atoms with Gasteiger partial charge in [0.15, 0.2) is 0 Å². The second-order valence-electron chi connectivity index (χ2n) is 6.26. The van der Waals surface area contributed by atoms with Crippen LogP contribution in [0.4, 0.5) is 4.79 Å². The quantitative estimate of drug-likeness (QED) is 0.710. The van der Waals surface area contributed by atoms with Gasteiger partial charge in [-0.2, -0.15) is 0 Å². The molecule has 2 atom stereocenters. The minimum Gasteiger partial charge on any atom is -0.444 e. The average Bonchev–Trinajstić information content (AvgIpc) is 2.25. The Labute approximate surface area is 104 Å². The number of likely N-dealkylation sites (tertiary alicyclic amines) is 1. The Bertz CT molecular complexity index is 281. The molecule has 4 nitrogen and oxygen atoms in total. The van der Waals surface area contributed by atoms with Crippen molar-refractivity contribution >= 4 is 6.09 Å². The maximum atomic E-state index is 11.9. The fourth-order valence-electron chi connectivity index (χ4n) is 1.89. The topological polar surface area (TPSA) is 49.8 Å². The molecule has 1 amide bonds. The summed E-state index contributed by atoms with van der Waals surface area (Å²) < 4.78 is 5.34. The standard InChI is InChI=1S/C13H25NO3/c1-10-6-8-14(9-7-13(10,5)16)11(15)17-12(2,3)4/h10,16H,6-9H2,1-5H3/t10-,13+/m0/s1. The maximum Gasteiger partial charge on any atom is 0.410 e. The Balaban J connectivity index is 2.60. The molecule has 0 aliphatic carbocycles. The minimum absolute atomic E-state index is 0.204. The molecule has 0 bridgehead atoms. The summed E-state index contributed by atoms with van der Waals surface area (Å²) in [5.74, 6) is 0.204. The molecular formula is C13H25NO3. The lowest BCUT2D eigenvalue weighted by molar-refractivity contribution is 0.000933. The van der Waals surface area contributed by atoms with E-state index in [1.807, 2.05) is 34.6 Å². The van der Waals surface area contributed by atoms with Crippen molar-refractivity contribution in [3.05, 3.63) is 0 Å². The number of ether oxygens (including phenoxy) is 1. The normalized spacial score (nSPS) is 30.9. The van der Waals surface area contributed by atoms with E-state index in [9.17, 15) is 9.90 Å². The molecule has 1 aliphatic heterocycles. The predicted octanol–water partition coefficient (Wildman–Crippen LogP) is 2.40. The molecule has 1 aliphatic rings. The van der Waals surface area contributed by atoms with Gasteiger partial charge in [-0.15, -0.1) is 0 Å². The van der Waals surface area contributed by atoms with E-state index in [2.05, 4.69) is 0 Å². The summed E-state index contributed by atoms with van der Waals surface area (Å²) in [4.78, 5) is 13.6. The molecule has 0 aromatic carbocycles. The third-order valence-electron chi connectivity index (χ3n) is 3.43. The number of hydrogen-bond donors (Lipinski definition) is 1. The fourth-order valence-corrected chi connectivity index (χ4v) is 1.89. The van der Waals surface area contributed by atoms with Crippen LogP contribution < -0.4 is 0 Å². The molecule has 17 heavy (non-hydrogen) atoms. The lowest BCUT2D eigenvalue weighted by Gasteiger charge is -2.27. The number of amides is 1. The molecule has 0 spiro atoms. The van der Waals surface area contributed by atoms with Crippen molar-refractivity contribution in [3.8, 4) is 0 Å². The van der Waals surface area contributed by atoms with Gasteiger partial charge in [-0.25, -0.2) is 4.79 Å². The Morgan fingerprint density at radius 1 is 1.41 bits per heavy atom. The highest BCUT2D eigenvalue weighted by Crippen LogP contribution is 2.28. The Hall–Kier alpha value is -0.770. The number of aliphatic hydroxyl groups is 1. The highest BCUT2D eigenvalue weighted by molar-refractivity contribution is 5.68. The van der Waals surface area contributed by atoms with Crippen LogP contribution in [0.15, 0.2) is 0 Å². The van der Waals surface area contributed by atoms with Crippen LogP contribution in [0.1, 0.15) is 47.5 Å². The minimum atomic E-state index is -0.684. The maximum absolute atomic E-state index is 11.9. The van der Waals surface area contributed by atoms with Crippen molar-refractivity contribution in [1.82, 2.24) is 4.90 Å². The van der Waals surface area contributed by atoms with E-state index in [0.29, 0.717) is 19.5 Å². The van der Waals surface area contributed by atoms with Crippen LogP contribution in [-0.2, 0) is 4.74 Å². The zero-order chi connectivity index (χ0) is 13.3. The van der Waals surface area contributed by atoms with E-state index in [1.165, 1.54) is 0 Å². The number of carbonyl (C=O) groups is 1. The van der Waals surface area contributed by atoms with Crippen LogP contribution in [0.5, 0.6) is 0 Å². The molecule has 0 saturated carbocycles. The Morgan fingerprint density at radius 3 is 2.53 bits per heavy atom. The van der Waals surface area contributed by atoms with Crippen molar-refractivity contribution < 1.29 is 14.6 Å². The van der Waals surface area contributed by atoms with Gasteiger partial charge in [0.25, 0.3) is 0 Å². The summed E-state index contributed by atoms with van der Waals surface area (Å²) in [6.07, 6.45) is 1.14. The summed E-state index contributed by atoms with van der Waals surface area (Å²) >= 11 is 0. The van der Waals surface area contributed by atoms with Gasteiger partial charge in [0, 0.05) is 13.1 Å². The highest BCUT2D eigenvalue weighted by Gasteiger charge is 2.34. The molecule has 1 N–H and O–H groups in total. The summed E-state index contributed by atoms with van der Waals surface area (Å²) in [6.45, 7) is 10.7. The van der Waals surface area contributed by atoms with Gasteiger partial charge < -0.3 is 14.7 Å².